The highest BCUT2D eigenvalue weighted by molar-refractivity contribution is 5.78. The topological polar surface area (TPSA) is 42.0 Å². The van der Waals surface area contributed by atoms with Crippen LogP contribution in [0, 0.1) is 11.7 Å². The molecule has 1 aromatic rings. The third-order valence-corrected chi connectivity index (χ3v) is 5.69. The Labute approximate surface area is 154 Å². The van der Waals surface area contributed by atoms with Crippen molar-refractivity contribution >= 4 is 5.91 Å². The van der Waals surface area contributed by atoms with Gasteiger partial charge in [0.05, 0.1) is 0 Å². The standard InChI is InChI=1S/C20H27FN2O3/c21-16-3-5-19(6-4-16)26-14-20(24)22-12-18(13-22)23(11-15-1-2-15)17-7-9-25-10-8-17/h3-6,15,17-18H,1-2,7-14H2. The molecular weight excluding hydrogens is 335 g/mol. The maximum absolute atomic E-state index is 12.9. The summed E-state index contributed by atoms with van der Waals surface area (Å²) in [4.78, 5) is 16.8. The van der Waals surface area contributed by atoms with E-state index in [1.807, 2.05) is 4.90 Å². The fourth-order valence-corrected chi connectivity index (χ4v) is 3.85. The van der Waals surface area contributed by atoms with Crippen LogP contribution in [-0.4, -0.2) is 67.2 Å². The number of hydrogen-bond donors (Lipinski definition) is 0. The average molecular weight is 362 g/mol. The number of likely N-dealkylation sites (tertiary alicyclic amines) is 1. The quantitative estimate of drug-likeness (QED) is 0.747. The van der Waals surface area contributed by atoms with E-state index in [-0.39, 0.29) is 18.3 Å². The van der Waals surface area contributed by atoms with Crippen molar-refractivity contribution in [2.45, 2.75) is 37.8 Å². The van der Waals surface area contributed by atoms with Gasteiger partial charge in [-0.2, -0.15) is 0 Å². The normalized spacial score (nSPS) is 21.7. The first-order valence-electron chi connectivity index (χ1n) is 9.68. The van der Waals surface area contributed by atoms with Gasteiger partial charge in [-0.3, -0.25) is 9.69 Å². The molecule has 6 heteroatoms. The summed E-state index contributed by atoms with van der Waals surface area (Å²) in [5.74, 6) is 1.07. The van der Waals surface area contributed by atoms with Gasteiger partial charge in [0.25, 0.3) is 5.91 Å². The van der Waals surface area contributed by atoms with Crippen molar-refractivity contribution in [3.63, 3.8) is 0 Å². The van der Waals surface area contributed by atoms with Crippen LogP contribution >= 0.6 is 0 Å². The van der Waals surface area contributed by atoms with Crippen molar-refractivity contribution in [3.8, 4) is 5.75 Å². The minimum Gasteiger partial charge on any atom is -0.484 e. The molecule has 2 heterocycles. The molecule has 0 radical (unpaired) electrons. The summed E-state index contributed by atoms with van der Waals surface area (Å²) in [6.45, 7) is 4.46. The minimum absolute atomic E-state index is 0.00363. The molecule has 0 atom stereocenters. The maximum atomic E-state index is 12.9. The molecule has 1 amide bonds. The molecule has 4 rings (SSSR count). The summed E-state index contributed by atoms with van der Waals surface area (Å²) in [6.07, 6.45) is 4.90. The monoisotopic (exact) mass is 362 g/mol. The molecule has 2 aliphatic heterocycles. The third-order valence-electron chi connectivity index (χ3n) is 5.69. The third kappa shape index (κ3) is 4.35. The number of hydrogen-bond acceptors (Lipinski definition) is 4. The van der Waals surface area contributed by atoms with E-state index in [4.69, 9.17) is 9.47 Å². The molecule has 1 saturated carbocycles. The van der Waals surface area contributed by atoms with E-state index in [0.717, 1.165) is 45.1 Å². The Morgan fingerprint density at radius 3 is 2.46 bits per heavy atom. The average Bonchev–Trinajstić information content (AvgIpc) is 3.44. The molecule has 1 aliphatic carbocycles. The Kier molecular flexibility index (Phi) is 5.41. The first kappa shape index (κ1) is 17.7. The van der Waals surface area contributed by atoms with Gasteiger partial charge in [0.15, 0.2) is 6.61 Å². The molecule has 0 N–H and O–H groups in total. The van der Waals surface area contributed by atoms with Crippen LogP contribution in [0.25, 0.3) is 0 Å². The molecular formula is C20H27FN2O3. The van der Waals surface area contributed by atoms with Gasteiger partial charge >= 0.3 is 0 Å². The smallest absolute Gasteiger partial charge is 0.260 e. The Hall–Kier alpha value is -1.66. The highest BCUT2D eigenvalue weighted by atomic mass is 19.1. The van der Waals surface area contributed by atoms with E-state index in [1.54, 1.807) is 12.1 Å². The molecule has 3 fully saturated rings. The molecule has 26 heavy (non-hydrogen) atoms. The number of rotatable bonds is 7. The molecule has 0 unspecified atom stereocenters. The fraction of sp³-hybridized carbons (Fsp3) is 0.650. The molecule has 5 nitrogen and oxygen atoms in total. The molecule has 1 aromatic carbocycles. The zero-order chi connectivity index (χ0) is 17.9. The van der Waals surface area contributed by atoms with Crippen LogP contribution < -0.4 is 4.74 Å². The summed E-state index contributed by atoms with van der Waals surface area (Å²) in [6, 6.07) is 6.83. The highest BCUT2D eigenvalue weighted by Crippen LogP contribution is 2.33. The van der Waals surface area contributed by atoms with Gasteiger partial charge in [0.2, 0.25) is 0 Å². The highest BCUT2D eigenvalue weighted by Gasteiger charge is 2.40. The maximum Gasteiger partial charge on any atom is 0.260 e. The van der Waals surface area contributed by atoms with Crippen LogP contribution in [0.1, 0.15) is 25.7 Å². The van der Waals surface area contributed by atoms with Gasteiger partial charge in [-0.25, -0.2) is 4.39 Å². The van der Waals surface area contributed by atoms with Gasteiger partial charge in [-0.05, 0) is 55.9 Å². The second-order valence-corrected chi connectivity index (χ2v) is 7.68. The Morgan fingerprint density at radius 1 is 1.12 bits per heavy atom. The Morgan fingerprint density at radius 2 is 1.81 bits per heavy atom. The SMILES string of the molecule is O=C(COc1ccc(F)cc1)N1CC(N(CC2CC2)C2CCOCC2)C1. The van der Waals surface area contributed by atoms with Gasteiger partial charge in [-0.1, -0.05) is 0 Å². The first-order chi connectivity index (χ1) is 12.7. The molecule has 0 aromatic heterocycles. The van der Waals surface area contributed by atoms with E-state index in [9.17, 15) is 9.18 Å². The summed E-state index contributed by atoms with van der Waals surface area (Å²) in [5.41, 5.74) is 0. The molecule has 2 saturated heterocycles. The molecule has 142 valence electrons. The van der Waals surface area contributed by atoms with Crippen LogP contribution in [0.4, 0.5) is 4.39 Å². The number of benzene rings is 1. The second-order valence-electron chi connectivity index (χ2n) is 7.68. The van der Waals surface area contributed by atoms with Crippen LogP contribution in [0.5, 0.6) is 5.75 Å². The predicted molar refractivity (Wildman–Crippen MR) is 95.5 cm³/mol. The summed E-state index contributed by atoms with van der Waals surface area (Å²) in [5, 5.41) is 0. The van der Waals surface area contributed by atoms with Crippen LogP contribution in [0.2, 0.25) is 0 Å². The number of nitrogens with zero attached hydrogens (tertiary/aromatic N) is 2. The van der Waals surface area contributed by atoms with E-state index in [2.05, 4.69) is 4.90 Å². The van der Waals surface area contributed by atoms with Crippen LogP contribution in [0.15, 0.2) is 24.3 Å². The van der Waals surface area contributed by atoms with Crippen molar-refractivity contribution in [2.75, 3.05) is 39.5 Å². The predicted octanol–water partition coefficient (Wildman–Crippen LogP) is 2.31. The number of amides is 1. The summed E-state index contributed by atoms with van der Waals surface area (Å²) < 4.78 is 23.9. The Balaban J connectivity index is 1.25. The lowest BCUT2D eigenvalue weighted by Gasteiger charge is -2.49. The lowest BCUT2D eigenvalue weighted by molar-refractivity contribution is -0.142. The van der Waals surface area contributed by atoms with Crippen molar-refractivity contribution in [1.29, 1.82) is 0 Å². The number of ether oxygens (including phenoxy) is 2. The second kappa shape index (κ2) is 7.92. The number of carbonyl (C=O) groups excluding carboxylic acids is 1. The van der Waals surface area contributed by atoms with Crippen LogP contribution in [0.3, 0.4) is 0 Å². The molecule has 3 aliphatic rings. The lowest BCUT2D eigenvalue weighted by Crippen LogP contribution is -2.64. The minimum atomic E-state index is -0.307. The van der Waals surface area contributed by atoms with Gasteiger partial charge in [0.1, 0.15) is 11.6 Å². The largest absolute Gasteiger partial charge is 0.484 e. The van der Waals surface area contributed by atoms with Crippen LogP contribution in [-0.2, 0) is 9.53 Å². The van der Waals surface area contributed by atoms with Crippen molar-refractivity contribution in [1.82, 2.24) is 9.80 Å². The fourth-order valence-electron chi connectivity index (χ4n) is 3.85. The van der Waals surface area contributed by atoms with E-state index < -0.39 is 0 Å². The van der Waals surface area contributed by atoms with Gasteiger partial charge in [-0.15, -0.1) is 0 Å². The number of carbonyl (C=O) groups is 1. The van der Waals surface area contributed by atoms with E-state index in [0.29, 0.717) is 17.8 Å². The Bertz CT molecular complexity index is 608. The summed E-state index contributed by atoms with van der Waals surface area (Å²) in [7, 11) is 0. The van der Waals surface area contributed by atoms with Crippen molar-refractivity contribution in [2.24, 2.45) is 5.92 Å². The molecule has 0 bridgehead atoms. The first-order valence-corrected chi connectivity index (χ1v) is 9.68. The van der Waals surface area contributed by atoms with Crippen molar-refractivity contribution in [3.05, 3.63) is 30.1 Å². The van der Waals surface area contributed by atoms with Crippen molar-refractivity contribution < 1.29 is 18.7 Å². The van der Waals surface area contributed by atoms with E-state index in [1.165, 1.54) is 31.5 Å². The molecule has 0 spiro atoms. The van der Waals surface area contributed by atoms with Gasteiger partial charge < -0.3 is 14.4 Å². The zero-order valence-electron chi connectivity index (χ0n) is 15.1. The van der Waals surface area contributed by atoms with E-state index >= 15 is 0 Å². The number of halogens is 1. The summed E-state index contributed by atoms with van der Waals surface area (Å²) >= 11 is 0. The lowest BCUT2D eigenvalue weighted by atomic mass is 9.99. The zero-order valence-corrected chi connectivity index (χ0v) is 15.1. The van der Waals surface area contributed by atoms with Gasteiger partial charge in [0, 0.05) is 44.9 Å².